The average Bonchev–Trinajstić information content (AvgIpc) is 2.41. The summed E-state index contributed by atoms with van der Waals surface area (Å²) in [5, 5.41) is 2.96. The van der Waals surface area contributed by atoms with Crippen LogP contribution in [0.5, 0.6) is 0 Å². The van der Waals surface area contributed by atoms with E-state index in [2.05, 4.69) is 5.32 Å². The SMILES string of the molecule is NC(=S)Cc1ccc(NC(=O)CC2CCSCC2)cc1. The second kappa shape index (κ2) is 7.64. The summed E-state index contributed by atoms with van der Waals surface area (Å²) in [5.41, 5.74) is 7.42. The number of amides is 1. The first-order valence-electron chi connectivity index (χ1n) is 6.88. The Balaban J connectivity index is 1.82. The van der Waals surface area contributed by atoms with Crippen LogP contribution in [-0.2, 0) is 11.2 Å². The molecule has 1 fully saturated rings. The van der Waals surface area contributed by atoms with E-state index in [1.165, 1.54) is 11.5 Å². The van der Waals surface area contributed by atoms with Gasteiger partial charge in [-0.2, -0.15) is 11.8 Å². The van der Waals surface area contributed by atoms with E-state index in [1.807, 2.05) is 36.0 Å². The average molecular weight is 308 g/mol. The molecule has 0 aliphatic carbocycles. The summed E-state index contributed by atoms with van der Waals surface area (Å²) in [6.07, 6.45) is 3.55. The Labute approximate surface area is 129 Å². The van der Waals surface area contributed by atoms with E-state index < -0.39 is 0 Å². The number of anilines is 1. The Morgan fingerprint density at radius 1 is 1.30 bits per heavy atom. The third kappa shape index (κ3) is 5.13. The second-order valence-corrected chi connectivity index (χ2v) is 6.90. The van der Waals surface area contributed by atoms with E-state index in [1.54, 1.807) is 0 Å². The Morgan fingerprint density at radius 2 is 1.95 bits per heavy atom. The molecule has 3 nitrogen and oxygen atoms in total. The van der Waals surface area contributed by atoms with Crippen molar-refractivity contribution < 1.29 is 4.79 Å². The number of carbonyl (C=O) groups excluding carboxylic acids is 1. The molecule has 1 saturated heterocycles. The smallest absolute Gasteiger partial charge is 0.224 e. The highest BCUT2D eigenvalue weighted by Gasteiger charge is 2.17. The van der Waals surface area contributed by atoms with Gasteiger partial charge in [-0.3, -0.25) is 4.79 Å². The molecular formula is C15H20N2OS2. The van der Waals surface area contributed by atoms with Crippen molar-refractivity contribution in [3.05, 3.63) is 29.8 Å². The number of carbonyl (C=O) groups is 1. The standard InChI is InChI=1S/C15H20N2OS2/c16-14(19)9-11-1-3-13(4-2-11)17-15(18)10-12-5-7-20-8-6-12/h1-4,12H,5-10H2,(H2,16,19)(H,17,18). The van der Waals surface area contributed by atoms with E-state index >= 15 is 0 Å². The van der Waals surface area contributed by atoms with Crippen LogP contribution >= 0.6 is 24.0 Å². The van der Waals surface area contributed by atoms with Crippen molar-refractivity contribution >= 4 is 40.6 Å². The lowest BCUT2D eigenvalue weighted by Gasteiger charge is -2.20. The zero-order chi connectivity index (χ0) is 14.4. The fourth-order valence-corrected chi connectivity index (χ4v) is 3.70. The molecule has 3 N–H and O–H groups in total. The molecule has 0 saturated carbocycles. The number of hydrogen-bond acceptors (Lipinski definition) is 3. The first kappa shape index (κ1) is 15.3. The van der Waals surface area contributed by atoms with Crippen molar-refractivity contribution in [3.8, 4) is 0 Å². The number of thioether (sulfide) groups is 1. The number of thiocarbonyl (C=S) groups is 1. The van der Waals surface area contributed by atoms with Crippen LogP contribution in [0.2, 0.25) is 0 Å². The lowest BCUT2D eigenvalue weighted by atomic mass is 9.98. The number of nitrogens with one attached hydrogen (secondary N) is 1. The maximum Gasteiger partial charge on any atom is 0.224 e. The normalized spacial score (nSPS) is 15.8. The molecule has 0 aromatic heterocycles. The van der Waals surface area contributed by atoms with Crippen LogP contribution in [0, 0.1) is 5.92 Å². The lowest BCUT2D eigenvalue weighted by Crippen LogP contribution is -2.19. The maximum atomic E-state index is 12.0. The first-order valence-corrected chi connectivity index (χ1v) is 8.44. The Morgan fingerprint density at radius 3 is 2.55 bits per heavy atom. The molecule has 0 atom stereocenters. The minimum Gasteiger partial charge on any atom is -0.393 e. The van der Waals surface area contributed by atoms with Gasteiger partial charge >= 0.3 is 0 Å². The number of benzene rings is 1. The van der Waals surface area contributed by atoms with Gasteiger partial charge in [0.15, 0.2) is 0 Å². The van der Waals surface area contributed by atoms with E-state index in [-0.39, 0.29) is 5.91 Å². The third-order valence-electron chi connectivity index (χ3n) is 3.43. The largest absolute Gasteiger partial charge is 0.393 e. The number of hydrogen-bond donors (Lipinski definition) is 2. The zero-order valence-corrected chi connectivity index (χ0v) is 13.1. The zero-order valence-electron chi connectivity index (χ0n) is 11.4. The van der Waals surface area contributed by atoms with Crippen LogP contribution in [0.4, 0.5) is 5.69 Å². The molecule has 1 amide bonds. The van der Waals surface area contributed by atoms with E-state index in [0.717, 1.165) is 24.1 Å². The predicted octanol–water partition coefficient (Wildman–Crippen LogP) is 2.99. The van der Waals surface area contributed by atoms with Crippen molar-refractivity contribution in [1.82, 2.24) is 0 Å². The Bertz CT molecular complexity index is 467. The van der Waals surface area contributed by atoms with Gasteiger partial charge in [0.05, 0.1) is 4.99 Å². The van der Waals surface area contributed by atoms with Gasteiger partial charge in [0, 0.05) is 18.5 Å². The summed E-state index contributed by atoms with van der Waals surface area (Å²) in [5.74, 6) is 3.03. The first-order chi connectivity index (χ1) is 9.63. The summed E-state index contributed by atoms with van der Waals surface area (Å²) in [6, 6.07) is 7.71. The van der Waals surface area contributed by atoms with Gasteiger partial charge in [0.1, 0.15) is 0 Å². The highest BCUT2D eigenvalue weighted by molar-refractivity contribution is 7.99. The van der Waals surface area contributed by atoms with Crippen LogP contribution in [-0.4, -0.2) is 22.4 Å². The summed E-state index contributed by atoms with van der Waals surface area (Å²) in [7, 11) is 0. The molecule has 1 aliphatic heterocycles. The van der Waals surface area contributed by atoms with Gasteiger partial charge in [-0.15, -0.1) is 0 Å². The Kier molecular flexibility index (Phi) is 5.86. The molecule has 108 valence electrons. The fraction of sp³-hybridized carbons (Fsp3) is 0.467. The van der Waals surface area contributed by atoms with Gasteiger partial charge in [-0.1, -0.05) is 24.4 Å². The van der Waals surface area contributed by atoms with Crippen molar-refractivity contribution in [2.75, 3.05) is 16.8 Å². The topological polar surface area (TPSA) is 55.1 Å². The van der Waals surface area contributed by atoms with Crippen LogP contribution in [0.25, 0.3) is 0 Å². The minimum atomic E-state index is 0.115. The maximum absolute atomic E-state index is 12.0. The van der Waals surface area contributed by atoms with Crippen molar-refractivity contribution in [2.45, 2.75) is 25.7 Å². The lowest BCUT2D eigenvalue weighted by molar-refractivity contribution is -0.117. The highest BCUT2D eigenvalue weighted by Crippen LogP contribution is 2.25. The second-order valence-electron chi connectivity index (χ2n) is 5.15. The number of rotatable bonds is 5. The summed E-state index contributed by atoms with van der Waals surface area (Å²) in [6.45, 7) is 0. The van der Waals surface area contributed by atoms with Crippen molar-refractivity contribution in [2.24, 2.45) is 11.7 Å². The fourth-order valence-electron chi connectivity index (χ4n) is 2.33. The predicted molar refractivity (Wildman–Crippen MR) is 90.2 cm³/mol. The van der Waals surface area contributed by atoms with Gasteiger partial charge in [0.25, 0.3) is 0 Å². The van der Waals surface area contributed by atoms with Crippen LogP contribution in [0.3, 0.4) is 0 Å². The van der Waals surface area contributed by atoms with Gasteiger partial charge in [-0.05, 0) is 48.0 Å². The molecule has 0 radical (unpaired) electrons. The van der Waals surface area contributed by atoms with E-state index in [9.17, 15) is 4.79 Å². The molecule has 1 aromatic carbocycles. The molecular weight excluding hydrogens is 288 g/mol. The van der Waals surface area contributed by atoms with Crippen LogP contribution in [0.15, 0.2) is 24.3 Å². The van der Waals surface area contributed by atoms with Crippen LogP contribution in [0.1, 0.15) is 24.8 Å². The van der Waals surface area contributed by atoms with E-state index in [0.29, 0.717) is 23.7 Å². The van der Waals surface area contributed by atoms with Gasteiger partial charge in [0.2, 0.25) is 5.91 Å². The van der Waals surface area contributed by atoms with Crippen molar-refractivity contribution in [1.29, 1.82) is 0 Å². The molecule has 1 aromatic rings. The molecule has 5 heteroatoms. The summed E-state index contributed by atoms with van der Waals surface area (Å²) >= 11 is 6.86. The summed E-state index contributed by atoms with van der Waals surface area (Å²) in [4.78, 5) is 12.5. The summed E-state index contributed by atoms with van der Waals surface area (Å²) < 4.78 is 0. The highest BCUT2D eigenvalue weighted by atomic mass is 32.2. The molecule has 1 aliphatic rings. The van der Waals surface area contributed by atoms with Crippen molar-refractivity contribution in [3.63, 3.8) is 0 Å². The molecule has 0 spiro atoms. The molecule has 2 rings (SSSR count). The van der Waals surface area contributed by atoms with Gasteiger partial charge in [-0.25, -0.2) is 0 Å². The van der Waals surface area contributed by atoms with E-state index in [4.69, 9.17) is 18.0 Å². The molecule has 1 heterocycles. The molecule has 20 heavy (non-hydrogen) atoms. The monoisotopic (exact) mass is 308 g/mol. The minimum absolute atomic E-state index is 0.115. The number of nitrogens with two attached hydrogens (primary N) is 1. The van der Waals surface area contributed by atoms with Crippen LogP contribution < -0.4 is 11.1 Å². The molecule has 0 unspecified atom stereocenters. The third-order valence-corrected chi connectivity index (χ3v) is 4.62. The van der Waals surface area contributed by atoms with Gasteiger partial charge < -0.3 is 11.1 Å². The quantitative estimate of drug-likeness (QED) is 0.821. The Hall–Kier alpha value is -1.07. The molecule has 0 bridgehead atoms.